The summed E-state index contributed by atoms with van der Waals surface area (Å²) in [6.07, 6.45) is -0.431. The molecule has 0 aliphatic rings. The van der Waals surface area contributed by atoms with Gasteiger partial charge in [-0.2, -0.15) is 5.10 Å². The second-order valence-corrected chi connectivity index (χ2v) is 4.47. The summed E-state index contributed by atoms with van der Waals surface area (Å²) in [6.45, 7) is 0. The summed E-state index contributed by atoms with van der Waals surface area (Å²) in [5.74, 6) is 0. The SMILES string of the molecule is Cn1nccc1CCC(O)c1cccc(C(F)F)c1. The average molecular weight is 266 g/mol. The van der Waals surface area contributed by atoms with E-state index in [1.54, 1.807) is 23.0 Å². The maximum absolute atomic E-state index is 12.6. The summed E-state index contributed by atoms with van der Waals surface area (Å²) < 4.78 is 26.9. The highest BCUT2D eigenvalue weighted by Crippen LogP contribution is 2.24. The highest BCUT2D eigenvalue weighted by molar-refractivity contribution is 5.26. The molecule has 1 unspecified atom stereocenters. The first-order valence-corrected chi connectivity index (χ1v) is 6.11. The van der Waals surface area contributed by atoms with E-state index in [2.05, 4.69) is 5.10 Å². The quantitative estimate of drug-likeness (QED) is 0.903. The fraction of sp³-hybridized carbons (Fsp3) is 0.357. The van der Waals surface area contributed by atoms with Gasteiger partial charge >= 0.3 is 0 Å². The van der Waals surface area contributed by atoms with Gasteiger partial charge in [0, 0.05) is 24.5 Å². The lowest BCUT2D eigenvalue weighted by Gasteiger charge is -2.12. The maximum atomic E-state index is 12.6. The van der Waals surface area contributed by atoms with Crippen molar-refractivity contribution in [3.05, 3.63) is 53.3 Å². The van der Waals surface area contributed by atoms with Crippen molar-refractivity contribution in [2.75, 3.05) is 0 Å². The lowest BCUT2D eigenvalue weighted by molar-refractivity contribution is 0.149. The monoisotopic (exact) mass is 266 g/mol. The summed E-state index contributed by atoms with van der Waals surface area (Å²) in [5.41, 5.74) is 1.47. The molecular formula is C14H16F2N2O. The van der Waals surface area contributed by atoms with Crippen LogP contribution in [0.3, 0.4) is 0 Å². The van der Waals surface area contributed by atoms with Gasteiger partial charge in [0.2, 0.25) is 0 Å². The van der Waals surface area contributed by atoms with Crippen LogP contribution in [0.2, 0.25) is 0 Å². The third kappa shape index (κ3) is 3.38. The molecule has 0 fully saturated rings. The standard InChI is InChI=1S/C14H16F2N2O/c1-18-12(7-8-17-18)5-6-13(19)10-3-2-4-11(9-10)14(15)16/h2-4,7-9,13-14,19H,5-6H2,1H3. The Balaban J connectivity index is 2.01. The Bertz CT molecular complexity index is 540. The van der Waals surface area contributed by atoms with Gasteiger partial charge in [-0.25, -0.2) is 8.78 Å². The number of benzene rings is 1. The van der Waals surface area contributed by atoms with E-state index in [4.69, 9.17) is 0 Å². The summed E-state index contributed by atoms with van der Waals surface area (Å²) in [5, 5.41) is 14.1. The molecular weight excluding hydrogens is 250 g/mol. The molecule has 5 heteroatoms. The lowest BCUT2D eigenvalue weighted by Crippen LogP contribution is -2.04. The molecule has 0 saturated carbocycles. The van der Waals surface area contributed by atoms with E-state index in [1.165, 1.54) is 12.1 Å². The number of aromatic nitrogens is 2. The van der Waals surface area contributed by atoms with Crippen molar-refractivity contribution in [2.24, 2.45) is 7.05 Å². The van der Waals surface area contributed by atoms with Crippen LogP contribution in [0.15, 0.2) is 36.5 Å². The van der Waals surface area contributed by atoms with E-state index in [9.17, 15) is 13.9 Å². The number of aryl methyl sites for hydroxylation is 2. The third-order valence-corrected chi connectivity index (χ3v) is 3.14. The van der Waals surface area contributed by atoms with Crippen molar-refractivity contribution in [3.8, 4) is 0 Å². The minimum Gasteiger partial charge on any atom is -0.388 e. The average Bonchev–Trinajstić information content (AvgIpc) is 2.81. The number of alkyl halides is 2. The fourth-order valence-electron chi connectivity index (χ4n) is 2.00. The number of rotatable bonds is 5. The van der Waals surface area contributed by atoms with Crippen LogP contribution in [0, 0.1) is 0 Å². The fourth-order valence-corrected chi connectivity index (χ4v) is 2.00. The zero-order valence-corrected chi connectivity index (χ0v) is 10.6. The first-order chi connectivity index (χ1) is 9.08. The second-order valence-electron chi connectivity index (χ2n) is 4.47. The van der Waals surface area contributed by atoms with E-state index in [0.29, 0.717) is 18.4 Å². The van der Waals surface area contributed by atoms with E-state index >= 15 is 0 Å². The molecule has 3 nitrogen and oxygen atoms in total. The Morgan fingerprint density at radius 1 is 1.26 bits per heavy atom. The van der Waals surface area contributed by atoms with Crippen molar-refractivity contribution < 1.29 is 13.9 Å². The largest absolute Gasteiger partial charge is 0.388 e. The van der Waals surface area contributed by atoms with Gasteiger partial charge in [0.25, 0.3) is 6.43 Å². The highest BCUT2D eigenvalue weighted by Gasteiger charge is 2.12. The van der Waals surface area contributed by atoms with E-state index in [-0.39, 0.29) is 5.56 Å². The first kappa shape index (κ1) is 13.7. The molecule has 1 atom stereocenters. The molecule has 2 rings (SSSR count). The predicted molar refractivity (Wildman–Crippen MR) is 67.9 cm³/mol. The molecule has 1 heterocycles. The summed E-state index contributed by atoms with van der Waals surface area (Å²) in [6, 6.07) is 7.81. The Hall–Kier alpha value is -1.75. The Morgan fingerprint density at radius 3 is 2.63 bits per heavy atom. The Labute approximate surface area is 110 Å². The van der Waals surface area contributed by atoms with Crippen molar-refractivity contribution >= 4 is 0 Å². The molecule has 0 spiro atoms. The molecule has 2 aromatic rings. The molecule has 0 aliphatic carbocycles. The maximum Gasteiger partial charge on any atom is 0.263 e. The van der Waals surface area contributed by atoms with Crippen LogP contribution in [-0.4, -0.2) is 14.9 Å². The van der Waals surface area contributed by atoms with Crippen LogP contribution in [-0.2, 0) is 13.5 Å². The predicted octanol–water partition coefficient (Wildman–Crippen LogP) is 3.02. The minimum atomic E-state index is -2.51. The first-order valence-electron chi connectivity index (χ1n) is 6.11. The molecule has 102 valence electrons. The van der Waals surface area contributed by atoms with Gasteiger partial charge < -0.3 is 5.11 Å². The topological polar surface area (TPSA) is 38.0 Å². The highest BCUT2D eigenvalue weighted by atomic mass is 19.3. The van der Waals surface area contributed by atoms with Gasteiger partial charge in [0.1, 0.15) is 0 Å². The minimum absolute atomic E-state index is 0.0583. The van der Waals surface area contributed by atoms with Crippen molar-refractivity contribution in [1.29, 1.82) is 0 Å². The van der Waals surface area contributed by atoms with Gasteiger partial charge in [-0.15, -0.1) is 0 Å². The van der Waals surface area contributed by atoms with Crippen molar-refractivity contribution in [3.63, 3.8) is 0 Å². The van der Waals surface area contributed by atoms with Gasteiger partial charge in [0.05, 0.1) is 6.10 Å². The lowest BCUT2D eigenvalue weighted by atomic mass is 10.0. The molecule has 0 saturated heterocycles. The summed E-state index contributed by atoms with van der Waals surface area (Å²) in [4.78, 5) is 0. The zero-order chi connectivity index (χ0) is 13.8. The molecule has 1 aromatic carbocycles. The molecule has 1 N–H and O–H groups in total. The molecule has 1 aromatic heterocycles. The Kier molecular flexibility index (Phi) is 4.27. The van der Waals surface area contributed by atoms with Crippen molar-refractivity contribution in [2.45, 2.75) is 25.4 Å². The summed E-state index contributed by atoms with van der Waals surface area (Å²) >= 11 is 0. The van der Waals surface area contributed by atoms with Gasteiger partial charge in [-0.1, -0.05) is 18.2 Å². The number of hydrogen-bond acceptors (Lipinski definition) is 2. The number of aliphatic hydroxyl groups is 1. The van der Waals surface area contributed by atoms with Crippen LogP contribution in [0.5, 0.6) is 0 Å². The van der Waals surface area contributed by atoms with Crippen LogP contribution in [0.4, 0.5) is 8.78 Å². The molecule has 0 amide bonds. The molecule has 19 heavy (non-hydrogen) atoms. The molecule has 0 bridgehead atoms. The van der Waals surface area contributed by atoms with Crippen LogP contribution in [0.25, 0.3) is 0 Å². The summed E-state index contributed by atoms with van der Waals surface area (Å²) in [7, 11) is 1.83. The van der Waals surface area contributed by atoms with Crippen LogP contribution in [0.1, 0.15) is 35.8 Å². The van der Waals surface area contributed by atoms with Gasteiger partial charge in [-0.3, -0.25) is 4.68 Å². The van der Waals surface area contributed by atoms with Crippen LogP contribution >= 0.6 is 0 Å². The Morgan fingerprint density at radius 2 is 2.00 bits per heavy atom. The van der Waals surface area contributed by atoms with E-state index in [1.807, 2.05) is 13.1 Å². The number of aliphatic hydroxyl groups excluding tert-OH is 1. The van der Waals surface area contributed by atoms with Crippen LogP contribution < -0.4 is 0 Å². The molecule has 0 radical (unpaired) electrons. The number of halogens is 2. The second kappa shape index (κ2) is 5.93. The van der Waals surface area contributed by atoms with E-state index < -0.39 is 12.5 Å². The number of hydrogen-bond donors (Lipinski definition) is 1. The third-order valence-electron chi connectivity index (χ3n) is 3.14. The van der Waals surface area contributed by atoms with Gasteiger partial charge in [0.15, 0.2) is 0 Å². The molecule has 0 aliphatic heterocycles. The normalized spacial score (nSPS) is 12.9. The van der Waals surface area contributed by atoms with Crippen molar-refractivity contribution in [1.82, 2.24) is 9.78 Å². The number of nitrogens with zero attached hydrogens (tertiary/aromatic N) is 2. The van der Waals surface area contributed by atoms with E-state index in [0.717, 1.165) is 5.69 Å². The smallest absolute Gasteiger partial charge is 0.263 e. The zero-order valence-electron chi connectivity index (χ0n) is 10.6. The van der Waals surface area contributed by atoms with Gasteiger partial charge in [-0.05, 0) is 30.5 Å².